The van der Waals surface area contributed by atoms with Crippen molar-refractivity contribution in [1.82, 2.24) is 4.90 Å². The lowest BCUT2D eigenvalue weighted by Crippen LogP contribution is -2.34. The molecule has 1 fully saturated rings. The number of hydrogen-bond donors (Lipinski definition) is 1. The van der Waals surface area contributed by atoms with Crippen LogP contribution in [0.2, 0.25) is 0 Å². The summed E-state index contributed by atoms with van der Waals surface area (Å²) in [7, 11) is 0. The van der Waals surface area contributed by atoms with E-state index in [9.17, 15) is 13.6 Å². The average molecular weight is 433 g/mol. The van der Waals surface area contributed by atoms with Gasteiger partial charge in [-0.05, 0) is 61.9 Å². The van der Waals surface area contributed by atoms with Gasteiger partial charge in [0.2, 0.25) is 5.91 Å². The van der Waals surface area contributed by atoms with E-state index < -0.39 is 6.61 Å². The van der Waals surface area contributed by atoms with Crippen LogP contribution in [0, 0.1) is 6.92 Å². The summed E-state index contributed by atoms with van der Waals surface area (Å²) < 4.78 is 35.3. The molecule has 0 aromatic heterocycles. The van der Waals surface area contributed by atoms with Crippen LogP contribution in [-0.4, -0.2) is 36.6 Å². The Morgan fingerprint density at radius 2 is 1.97 bits per heavy atom. The highest BCUT2D eigenvalue weighted by molar-refractivity contribution is 5.93. The number of alkyl halides is 2. The summed E-state index contributed by atoms with van der Waals surface area (Å²) in [6.07, 6.45) is 2.93. The lowest BCUT2D eigenvalue weighted by atomic mass is 10.1. The van der Waals surface area contributed by atoms with Crippen molar-refractivity contribution in [3.05, 3.63) is 53.1 Å². The van der Waals surface area contributed by atoms with Crippen LogP contribution in [0.3, 0.4) is 0 Å². The van der Waals surface area contributed by atoms with E-state index in [1.54, 1.807) is 19.1 Å². The SMILES string of the molecule is CCOc1cc(CN(CC(=O)Nc2c(C)cccc2CC)C2CC2)ccc1OC(F)F. The molecule has 1 amide bonds. The van der Waals surface area contributed by atoms with Crippen LogP contribution in [0.15, 0.2) is 36.4 Å². The number of para-hydroxylation sites is 1. The van der Waals surface area contributed by atoms with Crippen LogP contribution in [0.4, 0.5) is 14.5 Å². The lowest BCUT2D eigenvalue weighted by Gasteiger charge is -2.23. The second kappa shape index (κ2) is 10.6. The zero-order chi connectivity index (χ0) is 22.4. The first-order valence-corrected chi connectivity index (χ1v) is 10.7. The third-order valence-corrected chi connectivity index (χ3v) is 5.32. The highest BCUT2D eigenvalue weighted by Gasteiger charge is 2.30. The summed E-state index contributed by atoms with van der Waals surface area (Å²) in [6.45, 7) is 4.07. The third kappa shape index (κ3) is 6.40. The Balaban J connectivity index is 1.71. The lowest BCUT2D eigenvalue weighted by molar-refractivity contribution is -0.117. The van der Waals surface area contributed by atoms with Crippen molar-refractivity contribution in [2.75, 3.05) is 18.5 Å². The number of carbonyl (C=O) groups excluding carboxylic acids is 1. The van der Waals surface area contributed by atoms with Crippen molar-refractivity contribution in [3.8, 4) is 11.5 Å². The van der Waals surface area contributed by atoms with E-state index in [2.05, 4.69) is 21.9 Å². The van der Waals surface area contributed by atoms with Gasteiger partial charge in [0, 0.05) is 18.3 Å². The van der Waals surface area contributed by atoms with E-state index in [4.69, 9.17) is 4.74 Å². The Morgan fingerprint density at radius 3 is 2.61 bits per heavy atom. The number of nitrogens with one attached hydrogen (secondary N) is 1. The summed E-state index contributed by atoms with van der Waals surface area (Å²) in [4.78, 5) is 15.0. The fourth-order valence-electron chi connectivity index (χ4n) is 3.67. The van der Waals surface area contributed by atoms with Crippen LogP contribution >= 0.6 is 0 Å². The zero-order valence-electron chi connectivity index (χ0n) is 18.3. The number of rotatable bonds is 11. The molecule has 5 nitrogen and oxygen atoms in total. The molecule has 0 unspecified atom stereocenters. The minimum Gasteiger partial charge on any atom is -0.490 e. The first kappa shape index (κ1) is 23.0. The van der Waals surface area contributed by atoms with E-state index in [0.29, 0.717) is 19.2 Å². The zero-order valence-corrected chi connectivity index (χ0v) is 18.3. The van der Waals surface area contributed by atoms with Gasteiger partial charge in [-0.15, -0.1) is 0 Å². The summed E-state index contributed by atoms with van der Waals surface area (Å²) in [5.41, 5.74) is 3.93. The summed E-state index contributed by atoms with van der Waals surface area (Å²) in [5, 5.41) is 3.08. The Labute approximate surface area is 182 Å². The van der Waals surface area contributed by atoms with E-state index in [0.717, 1.165) is 41.6 Å². The number of anilines is 1. The monoisotopic (exact) mass is 432 g/mol. The van der Waals surface area contributed by atoms with Gasteiger partial charge in [-0.1, -0.05) is 31.2 Å². The third-order valence-electron chi connectivity index (χ3n) is 5.32. The maximum absolute atomic E-state index is 12.8. The molecule has 0 bridgehead atoms. The molecular weight excluding hydrogens is 402 g/mol. The molecule has 0 radical (unpaired) electrons. The van der Waals surface area contributed by atoms with Gasteiger partial charge in [0.1, 0.15) is 0 Å². The van der Waals surface area contributed by atoms with Crippen molar-refractivity contribution in [2.45, 2.75) is 59.2 Å². The Morgan fingerprint density at radius 1 is 1.19 bits per heavy atom. The molecule has 2 aromatic rings. The summed E-state index contributed by atoms with van der Waals surface area (Å²) >= 11 is 0. The highest BCUT2D eigenvalue weighted by Crippen LogP contribution is 2.33. The number of halogens is 2. The fraction of sp³-hybridized carbons (Fsp3) is 0.458. The van der Waals surface area contributed by atoms with Gasteiger partial charge in [0.15, 0.2) is 11.5 Å². The minimum absolute atomic E-state index is 0.0166. The van der Waals surface area contributed by atoms with Crippen LogP contribution < -0.4 is 14.8 Å². The fourth-order valence-corrected chi connectivity index (χ4v) is 3.67. The summed E-state index contributed by atoms with van der Waals surface area (Å²) in [6, 6.07) is 11.3. The van der Waals surface area contributed by atoms with Crippen molar-refractivity contribution in [1.29, 1.82) is 0 Å². The molecule has 7 heteroatoms. The van der Waals surface area contributed by atoms with Crippen molar-refractivity contribution < 1.29 is 23.0 Å². The predicted octanol–water partition coefficient (Wildman–Crippen LogP) is 5.16. The summed E-state index contributed by atoms with van der Waals surface area (Å²) in [5.74, 6) is 0.245. The highest BCUT2D eigenvalue weighted by atomic mass is 19.3. The van der Waals surface area contributed by atoms with E-state index in [-0.39, 0.29) is 24.0 Å². The van der Waals surface area contributed by atoms with E-state index in [1.165, 1.54) is 6.07 Å². The molecule has 0 aliphatic heterocycles. The number of carbonyl (C=O) groups is 1. The molecule has 0 atom stereocenters. The number of benzene rings is 2. The molecule has 0 spiro atoms. The van der Waals surface area contributed by atoms with Crippen molar-refractivity contribution >= 4 is 11.6 Å². The number of hydrogen-bond acceptors (Lipinski definition) is 4. The second-order valence-corrected chi connectivity index (χ2v) is 7.74. The number of nitrogens with zero attached hydrogens (tertiary/aromatic N) is 1. The molecule has 168 valence electrons. The van der Waals surface area contributed by atoms with Gasteiger partial charge in [-0.2, -0.15) is 8.78 Å². The molecule has 2 aromatic carbocycles. The predicted molar refractivity (Wildman–Crippen MR) is 117 cm³/mol. The number of ether oxygens (including phenoxy) is 2. The largest absolute Gasteiger partial charge is 0.490 e. The van der Waals surface area contributed by atoms with Crippen molar-refractivity contribution in [3.63, 3.8) is 0 Å². The molecule has 0 saturated heterocycles. The molecule has 1 saturated carbocycles. The number of amides is 1. The van der Waals surface area contributed by atoms with Crippen LogP contribution in [0.5, 0.6) is 11.5 Å². The van der Waals surface area contributed by atoms with Gasteiger partial charge in [-0.3, -0.25) is 9.69 Å². The minimum atomic E-state index is -2.91. The van der Waals surface area contributed by atoms with E-state index >= 15 is 0 Å². The molecule has 1 aliphatic rings. The van der Waals surface area contributed by atoms with Gasteiger partial charge < -0.3 is 14.8 Å². The quantitative estimate of drug-likeness (QED) is 0.533. The molecule has 1 aliphatic carbocycles. The van der Waals surface area contributed by atoms with E-state index in [1.807, 2.05) is 25.1 Å². The Kier molecular flexibility index (Phi) is 7.85. The van der Waals surface area contributed by atoms with Gasteiger partial charge in [0.05, 0.1) is 13.2 Å². The van der Waals surface area contributed by atoms with Gasteiger partial charge >= 0.3 is 6.61 Å². The normalized spacial score (nSPS) is 13.5. The molecular formula is C24H30F2N2O3. The smallest absolute Gasteiger partial charge is 0.387 e. The molecule has 0 heterocycles. The van der Waals surface area contributed by atoms with Crippen molar-refractivity contribution in [2.24, 2.45) is 0 Å². The first-order valence-electron chi connectivity index (χ1n) is 10.7. The second-order valence-electron chi connectivity index (χ2n) is 7.74. The molecule has 3 rings (SSSR count). The van der Waals surface area contributed by atoms with Gasteiger partial charge in [-0.25, -0.2) is 0 Å². The molecule has 31 heavy (non-hydrogen) atoms. The Bertz CT molecular complexity index is 900. The maximum atomic E-state index is 12.8. The maximum Gasteiger partial charge on any atom is 0.387 e. The Hall–Kier alpha value is -2.67. The average Bonchev–Trinajstić information content (AvgIpc) is 3.56. The standard InChI is InChI=1S/C24H30F2N2O3/c1-4-18-8-6-7-16(3)23(18)27-22(29)15-28(19-10-11-19)14-17-9-12-20(31-24(25)26)21(13-17)30-5-2/h6-9,12-13,19,24H,4-5,10-11,14-15H2,1-3H3,(H,27,29). The van der Waals surface area contributed by atoms with Gasteiger partial charge in [0.25, 0.3) is 0 Å². The number of aryl methyl sites for hydroxylation is 2. The first-order chi connectivity index (χ1) is 14.9. The van der Waals surface area contributed by atoms with Crippen LogP contribution in [0.1, 0.15) is 43.4 Å². The van der Waals surface area contributed by atoms with Crippen LogP contribution in [-0.2, 0) is 17.8 Å². The van der Waals surface area contributed by atoms with Crippen LogP contribution in [0.25, 0.3) is 0 Å². The molecule has 1 N–H and O–H groups in total. The topological polar surface area (TPSA) is 50.8 Å².